The smallest absolute Gasteiger partial charge is 0.137 e. The molecule has 1 saturated carbocycles. The van der Waals surface area contributed by atoms with Crippen molar-refractivity contribution in [2.24, 2.45) is 5.92 Å². The molecule has 2 nitrogen and oxygen atoms in total. The van der Waals surface area contributed by atoms with Gasteiger partial charge in [0.05, 0.1) is 0 Å². The van der Waals surface area contributed by atoms with E-state index in [1.807, 2.05) is 0 Å². The Morgan fingerprint density at radius 1 is 1.19 bits per heavy atom. The van der Waals surface area contributed by atoms with Gasteiger partial charge in [0, 0.05) is 24.9 Å². The Labute approximate surface area is 96.3 Å². The lowest BCUT2D eigenvalue weighted by atomic mass is 10.0. The molecule has 0 amide bonds. The Bertz CT molecular complexity index is 387. The maximum absolute atomic E-state index is 11.6. The SMILES string of the molecule is O=C1CCC2C1CCN2Cc1ccccc1. The van der Waals surface area contributed by atoms with Crippen molar-refractivity contribution in [3.8, 4) is 0 Å². The number of likely N-dealkylation sites (tertiary alicyclic amines) is 1. The summed E-state index contributed by atoms with van der Waals surface area (Å²) in [7, 11) is 0. The third kappa shape index (κ3) is 1.67. The van der Waals surface area contributed by atoms with Crippen LogP contribution in [0, 0.1) is 5.92 Å². The summed E-state index contributed by atoms with van der Waals surface area (Å²) in [6.07, 6.45) is 2.97. The minimum Gasteiger partial charge on any atom is -0.299 e. The van der Waals surface area contributed by atoms with Crippen molar-refractivity contribution in [3.05, 3.63) is 35.9 Å². The van der Waals surface area contributed by atoms with E-state index in [1.54, 1.807) is 0 Å². The highest BCUT2D eigenvalue weighted by Crippen LogP contribution is 2.36. The molecule has 84 valence electrons. The van der Waals surface area contributed by atoms with Gasteiger partial charge in [-0.25, -0.2) is 0 Å². The molecule has 0 radical (unpaired) electrons. The number of hydrogen-bond donors (Lipinski definition) is 0. The van der Waals surface area contributed by atoms with Gasteiger partial charge in [-0.3, -0.25) is 9.69 Å². The van der Waals surface area contributed by atoms with Crippen molar-refractivity contribution in [2.75, 3.05) is 6.54 Å². The second-order valence-corrected chi connectivity index (χ2v) is 4.92. The normalized spacial score (nSPS) is 29.6. The molecule has 1 saturated heterocycles. The fourth-order valence-electron chi connectivity index (χ4n) is 3.17. The van der Waals surface area contributed by atoms with Gasteiger partial charge in [0.1, 0.15) is 5.78 Å². The molecule has 2 atom stereocenters. The van der Waals surface area contributed by atoms with Crippen LogP contribution in [0.4, 0.5) is 0 Å². The van der Waals surface area contributed by atoms with Crippen LogP contribution in [0.25, 0.3) is 0 Å². The van der Waals surface area contributed by atoms with Gasteiger partial charge in [-0.2, -0.15) is 0 Å². The molecule has 1 heterocycles. The molecule has 0 bridgehead atoms. The minimum atomic E-state index is 0.351. The van der Waals surface area contributed by atoms with Gasteiger partial charge >= 0.3 is 0 Å². The highest BCUT2D eigenvalue weighted by molar-refractivity contribution is 5.84. The van der Waals surface area contributed by atoms with E-state index in [0.717, 1.165) is 32.4 Å². The summed E-state index contributed by atoms with van der Waals surface area (Å²) in [5.74, 6) is 0.851. The van der Waals surface area contributed by atoms with Crippen LogP contribution in [-0.2, 0) is 11.3 Å². The quantitative estimate of drug-likeness (QED) is 0.754. The summed E-state index contributed by atoms with van der Waals surface area (Å²) in [6.45, 7) is 2.10. The third-order valence-electron chi connectivity index (χ3n) is 3.99. The van der Waals surface area contributed by atoms with Gasteiger partial charge in [0.25, 0.3) is 0 Å². The van der Waals surface area contributed by atoms with Crippen LogP contribution in [0.15, 0.2) is 30.3 Å². The van der Waals surface area contributed by atoms with Crippen molar-refractivity contribution in [3.63, 3.8) is 0 Å². The number of carbonyl (C=O) groups is 1. The average molecular weight is 215 g/mol. The van der Waals surface area contributed by atoms with E-state index in [4.69, 9.17) is 0 Å². The predicted molar refractivity (Wildman–Crippen MR) is 63.0 cm³/mol. The first-order chi connectivity index (χ1) is 7.84. The molecule has 16 heavy (non-hydrogen) atoms. The Morgan fingerprint density at radius 3 is 2.81 bits per heavy atom. The lowest BCUT2D eigenvalue weighted by Crippen LogP contribution is -2.30. The van der Waals surface area contributed by atoms with E-state index >= 15 is 0 Å². The number of carbonyl (C=O) groups excluding carboxylic acids is 1. The molecule has 2 aliphatic rings. The first kappa shape index (κ1) is 10.0. The fourth-order valence-corrected chi connectivity index (χ4v) is 3.17. The van der Waals surface area contributed by atoms with Crippen LogP contribution in [0.5, 0.6) is 0 Å². The summed E-state index contributed by atoms with van der Waals surface area (Å²) in [5, 5.41) is 0. The molecule has 0 N–H and O–H groups in total. The van der Waals surface area contributed by atoms with Crippen LogP contribution in [0.1, 0.15) is 24.8 Å². The highest BCUT2D eigenvalue weighted by atomic mass is 16.1. The van der Waals surface area contributed by atoms with Crippen LogP contribution >= 0.6 is 0 Å². The zero-order valence-corrected chi connectivity index (χ0v) is 9.43. The highest BCUT2D eigenvalue weighted by Gasteiger charge is 2.42. The maximum Gasteiger partial charge on any atom is 0.137 e. The number of benzene rings is 1. The van der Waals surface area contributed by atoms with Crippen molar-refractivity contribution in [1.82, 2.24) is 4.90 Å². The Balaban J connectivity index is 1.71. The third-order valence-corrected chi connectivity index (χ3v) is 3.99. The molecule has 1 aromatic carbocycles. The number of fused-ring (bicyclic) bond motifs is 1. The predicted octanol–water partition coefficient (Wildman–Crippen LogP) is 2.24. The topological polar surface area (TPSA) is 20.3 Å². The van der Waals surface area contributed by atoms with Crippen LogP contribution in [0.3, 0.4) is 0 Å². The zero-order chi connectivity index (χ0) is 11.0. The fraction of sp³-hybridized carbons (Fsp3) is 0.500. The van der Waals surface area contributed by atoms with Gasteiger partial charge < -0.3 is 0 Å². The summed E-state index contributed by atoms with van der Waals surface area (Å²) in [5.41, 5.74) is 1.36. The Morgan fingerprint density at radius 2 is 2.00 bits per heavy atom. The number of rotatable bonds is 2. The molecule has 2 heteroatoms. The van der Waals surface area contributed by atoms with Crippen LogP contribution < -0.4 is 0 Å². The van der Waals surface area contributed by atoms with Crippen molar-refractivity contribution in [2.45, 2.75) is 31.8 Å². The molecule has 2 fully saturated rings. The summed E-state index contributed by atoms with van der Waals surface area (Å²) >= 11 is 0. The van der Waals surface area contributed by atoms with E-state index in [9.17, 15) is 4.79 Å². The molecule has 2 unspecified atom stereocenters. The molecule has 1 aromatic rings. The number of ketones is 1. The van der Waals surface area contributed by atoms with Crippen molar-refractivity contribution < 1.29 is 4.79 Å². The molecule has 1 aliphatic carbocycles. The second kappa shape index (κ2) is 4.02. The number of Topliss-reactive ketones (excluding diaryl/α,β-unsaturated/α-hetero) is 1. The first-order valence-corrected chi connectivity index (χ1v) is 6.15. The maximum atomic E-state index is 11.6. The second-order valence-electron chi connectivity index (χ2n) is 4.92. The zero-order valence-electron chi connectivity index (χ0n) is 9.43. The molecule has 0 aromatic heterocycles. The standard InChI is InChI=1S/C14H17NO/c16-14-7-6-13-12(14)8-9-15(13)10-11-4-2-1-3-5-11/h1-5,12-13H,6-10H2. The van der Waals surface area contributed by atoms with Crippen molar-refractivity contribution in [1.29, 1.82) is 0 Å². The number of nitrogens with zero attached hydrogens (tertiary/aromatic N) is 1. The van der Waals surface area contributed by atoms with Gasteiger partial charge in [0.2, 0.25) is 0 Å². The molecule has 1 aliphatic heterocycles. The van der Waals surface area contributed by atoms with Crippen LogP contribution in [0.2, 0.25) is 0 Å². The Kier molecular flexibility index (Phi) is 2.52. The molecule has 0 spiro atoms. The van der Waals surface area contributed by atoms with Gasteiger partial charge in [-0.15, -0.1) is 0 Å². The monoisotopic (exact) mass is 215 g/mol. The Hall–Kier alpha value is -1.15. The summed E-state index contributed by atoms with van der Waals surface area (Å²) in [6, 6.07) is 11.1. The summed E-state index contributed by atoms with van der Waals surface area (Å²) < 4.78 is 0. The molecular formula is C14H17NO. The largest absolute Gasteiger partial charge is 0.299 e. The van der Waals surface area contributed by atoms with E-state index in [-0.39, 0.29) is 0 Å². The van der Waals surface area contributed by atoms with Gasteiger partial charge in [-0.1, -0.05) is 30.3 Å². The molecule has 3 rings (SSSR count). The first-order valence-electron chi connectivity index (χ1n) is 6.15. The summed E-state index contributed by atoms with van der Waals surface area (Å²) in [4.78, 5) is 14.1. The molecular weight excluding hydrogens is 198 g/mol. The van der Waals surface area contributed by atoms with E-state index in [0.29, 0.717) is 17.7 Å². The van der Waals surface area contributed by atoms with Crippen molar-refractivity contribution >= 4 is 5.78 Å². The average Bonchev–Trinajstić information content (AvgIpc) is 2.86. The lowest BCUT2D eigenvalue weighted by Gasteiger charge is -2.22. The van der Waals surface area contributed by atoms with Gasteiger partial charge in [0.15, 0.2) is 0 Å². The van der Waals surface area contributed by atoms with Gasteiger partial charge in [-0.05, 0) is 24.9 Å². The van der Waals surface area contributed by atoms with E-state index in [1.165, 1.54) is 5.56 Å². The lowest BCUT2D eigenvalue weighted by molar-refractivity contribution is -0.120. The minimum absolute atomic E-state index is 0.351. The van der Waals surface area contributed by atoms with E-state index in [2.05, 4.69) is 35.2 Å². The van der Waals surface area contributed by atoms with Crippen LogP contribution in [-0.4, -0.2) is 23.3 Å². The number of hydrogen-bond acceptors (Lipinski definition) is 2. The van der Waals surface area contributed by atoms with E-state index < -0.39 is 0 Å².